The second-order valence-corrected chi connectivity index (χ2v) is 9.53. The van der Waals surface area contributed by atoms with Gasteiger partial charge in [0.15, 0.2) is 0 Å². The summed E-state index contributed by atoms with van der Waals surface area (Å²) in [4.78, 5) is 0. The van der Waals surface area contributed by atoms with Crippen LogP contribution in [0.3, 0.4) is 0 Å². The first-order valence-electron chi connectivity index (χ1n) is 11.2. The molecule has 0 saturated heterocycles. The molecule has 160 valence electrons. The molecule has 0 bridgehead atoms. The van der Waals surface area contributed by atoms with Crippen molar-refractivity contribution in [2.45, 2.75) is 79.1 Å². The minimum atomic E-state index is 0. The van der Waals surface area contributed by atoms with Crippen LogP contribution in [0.15, 0.2) is 48.8 Å². The molecular formula is C27H36LiN3. The number of imidazole rings is 1. The van der Waals surface area contributed by atoms with Gasteiger partial charge in [0.1, 0.15) is 0 Å². The average Bonchev–Trinajstić information content (AvgIpc) is 3.07. The molecule has 1 heterocycles. The fourth-order valence-electron chi connectivity index (χ4n) is 4.31. The van der Waals surface area contributed by atoms with Crippen molar-refractivity contribution in [3.05, 3.63) is 82.1 Å². The quantitative estimate of drug-likeness (QED) is 0.546. The maximum atomic E-state index is 11.5. The van der Waals surface area contributed by atoms with Gasteiger partial charge in [-0.3, -0.25) is 0 Å². The Hall–Kier alpha value is -1.95. The molecule has 3 nitrogen and oxygen atoms in total. The Morgan fingerprint density at radius 1 is 0.548 bits per heavy atom. The summed E-state index contributed by atoms with van der Waals surface area (Å²) in [5, 5.41) is 11.5. The maximum Gasteiger partial charge on any atom is 1.00 e. The third-order valence-corrected chi connectivity index (χ3v) is 5.96. The van der Waals surface area contributed by atoms with Crippen LogP contribution in [-0.2, 0) is 0 Å². The zero-order chi connectivity index (χ0) is 22.2. The standard InChI is InChI=1S/C27H36N3.Li/c1-17(2)21-11-9-12-22(18(3)4)25(21)29-15-16-30(27(29)28)26-23(19(5)6)13-10-14-24(26)20(7)8;/h9-20H,1-8H3;/q-1;+1. The molecule has 1 aromatic heterocycles. The van der Waals surface area contributed by atoms with Crippen molar-refractivity contribution in [2.75, 3.05) is 0 Å². The third-order valence-electron chi connectivity index (χ3n) is 5.96. The zero-order valence-electron chi connectivity index (χ0n) is 20.8. The van der Waals surface area contributed by atoms with Crippen molar-refractivity contribution in [3.63, 3.8) is 0 Å². The third kappa shape index (κ3) is 4.79. The molecule has 0 saturated carbocycles. The van der Waals surface area contributed by atoms with Gasteiger partial charge in [0.25, 0.3) is 0 Å². The van der Waals surface area contributed by atoms with Crippen LogP contribution in [0.1, 0.15) is 101 Å². The molecule has 0 N–H and O–H groups in total. The summed E-state index contributed by atoms with van der Waals surface area (Å²) in [7, 11) is 0. The van der Waals surface area contributed by atoms with Crippen molar-refractivity contribution >= 4 is 0 Å². The fraction of sp³-hybridized carbons (Fsp3) is 0.444. The molecule has 0 aliphatic heterocycles. The summed E-state index contributed by atoms with van der Waals surface area (Å²) in [6.07, 6.45) is 4.01. The normalized spacial score (nSPS) is 11.6. The number of hydrogen-bond donors (Lipinski definition) is 0. The first kappa shape index (κ1) is 25.3. The Kier molecular flexibility index (Phi) is 8.26. The Morgan fingerprint density at radius 3 is 1.03 bits per heavy atom. The summed E-state index contributed by atoms with van der Waals surface area (Å²) in [6.45, 7) is 17.7. The van der Waals surface area contributed by atoms with Crippen molar-refractivity contribution in [2.24, 2.45) is 0 Å². The van der Waals surface area contributed by atoms with Crippen molar-refractivity contribution in [1.29, 1.82) is 0 Å². The first-order valence-corrected chi connectivity index (χ1v) is 11.2. The minimum absolute atomic E-state index is 0. The molecule has 2 aromatic carbocycles. The monoisotopic (exact) mass is 409 g/mol. The molecule has 3 aromatic rings. The predicted octanol–water partition coefficient (Wildman–Crippen LogP) is 4.24. The minimum Gasteiger partial charge on any atom is -0.374 e. The topological polar surface area (TPSA) is 32.2 Å². The zero-order valence-corrected chi connectivity index (χ0v) is 20.8. The van der Waals surface area contributed by atoms with E-state index in [-0.39, 0.29) is 24.5 Å². The van der Waals surface area contributed by atoms with Crippen molar-refractivity contribution in [1.82, 2.24) is 9.13 Å². The van der Waals surface area contributed by atoms with Gasteiger partial charge in [-0.15, -0.1) is 0 Å². The van der Waals surface area contributed by atoms with Gasteiger partial charge in [-0.1, -0.05) is 91.8 Å². The molecule has 0 aliphatic carbocycles. The van der Waals surface area contributed by atoms with E-state index in [1.165, 1.54) is 22.3 Å². The maximum absolute atomic E-state index is 11.5. The van der Waals surface area contributed by atoms with Gasteiger partial charge < -0.3 is 14.5 Å². The van der Waals surface area contributed by atoms with Gasteiger partial charge in [0, 0.05) is 5.62 Å². The number of benzene rings is 2. The Labute approximate surface area is 200 Å². The van der Waals surface area contributed by atoms with E-state index in [1.54, 1.807) is 0 Å². The van der Waals surface area contributed by atoms with Crippen LogP contribution in [0.5, 0.6) is 0 Å². The van der Waals surface area contributed by atoms with E-state index >= 15 is 0 Å². The van der Waals surface area contributed by atoms with E-state index in [1.807, 2.05) is 21.5 Å². The average molecular weight is 410 g/mol. The molecule has 0 amide bonds. The van der Waals surface area contributed by atoms with Crippen molar-refractivity contribution < 1.29 is 18.9 Å². The molecule has 0 aliphatic rings. The summed E-state index contributed by atoms with van der Waals surface area (Å²) < 4.78 is 3.93. The smallest absolute Gasteiger partial charge is 0.374 e. The molecule has 3 rings (SSSR count). The van der Waals surface area contributed by atoms with E-state index in [4.69, 9.17) is 0 Å². The second-order valence-electron chi connectivity index (χ2n) is 9.53. The fourth-order valence-corrected chi connectivity index (χ4v) is 4.31. The number of hydrogen-bond acceptors (Lipinski definition) is 0. The van der Waals surface area contributed by atoms with Crippen LogP contribution < -0.4 is 24.5 Å². The van der Waals surface area contributed by atoms with Crippen LogP contribution in [-0.4, -0.2) is 9.13 Å². The molecule has 0 atom stereocenters. The molecule has 4 heteroatoms. The Morgan fingerprint density at radius 2 is 0.806 bits per heavy atom. The number of nitrogens with zero attached hydrogens (tertiary/aromatic N) is 3. The number of aromatic nitrogens is 2. The van der Waals surface area contributed by atoms with Gasteiger partial charge in [-0.05, 0) is 69.7 Å². The first-order chi connectivity index (χ1) is 14.1. The second kappa shape index (κ2) is 10.1. The van der Waals surface area contributed by atoms with Gasteiger partial charge in [-0.2, -0.15) is 0 Å². The predicted molar refractivity (Wildman–Crippen MR) is 128 cm³/mol. The molecule has 0 radical (unpaired) electrons. The van der Waals surface area contributed by atoms with Crippen LogP contribution in [0.25, 0.3) is 16.8 Å². The number of rotatable bonds is 6. The summed E-state index contributed by atoms with van der Waals surface area (Å²) >= 11 is 0. The van der Waals surface area contributed by atoms with Crippen LogP contribution in [0.4, 0.5) is 0 Å². The van der Waals surface area contributed by atoms with E-state index in [0.29, 0.717) is 23.7 Å². The molecule has 0 spiro atoms. The SMILES string of the molecule is CC(C)c1cccc(C(C)C)c1-n1ccn(-c2c(C(C)C)cccc2C(C)C)c1=[N-].[Li+]. The largest absolute Gasteiger partial charge is 1.00 e. The van der Waals surface area contributed by atoms with E-state index in [2.05, 4.69) is 91.8 Å². The van der Waals surface area contributed by atoms with Gasteiger partial charge in [-0.25, -0.2) is 0 Å². The summed E-state index contributed by atoms with van der Waals surface area (Å²) in [6, 6.07) is 13.0. The van der Waals surface area contributed by atoms with E-state index in [9.17, 15) is 5.41 Å². The summed E-state index contributed by atoms with van der Waals surface area (Å²) in [5.74, 6) is 1.46. The van der Waals surface area contributed by atoms with Gasteiger partial charge in [0.05, 0.1) is 0 Å². The van der Waals surface area contributed by atoms with Crippen LogP contribution in [0.2, 0.25) is 0 Å². The molecule has 31 heavy (non-hydrogen) atoms. The molecule has 0 unspecified atom stereocenters. The number of para-hydroxylation sites is 2. The van der Waals surface area contributed by atoms with E-state index < -0.39 is 0 Å². The van der Waals surface area contributed by atoms with Gasteiger partial charge in [0.2, 0.25) is 0 Å². The Bertz CT molecular complexity index is 948. The van der Waals surface area contributed by atoms with Crippen LogP contribution in [0, 0.1) is 0 Å². The van der Waals surface area contributed by atoms with Crippen molar-refractivity contribution in [3.8, 4) is 11.4 Å². The summed E-state index contributed by atoms with van der Waals surface area (Å²) in [5.41, 5.74) is 7.46. The molecule has 0 fully saturated rings. The molecular weight excluding hydrogens is 373 g/mol. The van der Waals surface area contributed by atoms with Gasteiger partial charge >= 0.3 is 18.9 Å². The Balaban J connectivity index is 0.00000341. The van der Waals surface area contributed by atoms with Crippen LogP contribution >= 0.6 is 0 Å². The van der Waals surface area contributed by atoms with E-state index in [0.717, 1.165) is 11.4 Å².